The second kappa shape index (κ2) is 7.87. The second-order valence-corrected chi connectivity index (χ2v) is 6.34. The summed E-state index contributed by atoms with van der Waals surface area (Å²) in [6.07, 6.45) is 5.33. The van der Waals surface area contributed by atoms with Crippen molar-refractivity contribution in [3.63, 3.8) is 0 Å². The first-order valence-electron chi connectivity index (χ1n) is 7.48. The second-order valence-electron chi connectivity index (χ2n) is 5.45. The number of carbonyl (C=O) groups excluding carboxylic acids is 2. The molecule has 124 valence electrons. The highest BCUT2D eigenvalue weighted by Gasteiger charge is 2.19. The van der Waals surface area contributed by atoms with Crippen LogP contribution >= 0.6 is 11.3 Å². The third kappa shape index (κ3) is 4.62. The van der Waals surface area contributed by atoms with Gasteiger partial charge in [0.05, 0.1) is 0 Å². The molecule has 2 N–H and O–H groups in total. The van der Waals surface area contributed by atoms with Crippen molar-refractivity contribution in [3.05, 3.63) is 29.8 Å². The van der Waals surface area contributed by atoms with Gasteiger partial charge in [0.15, 0.2) is 5.13 Å². The number of thiazole rings is 1. The van der Waals surface area contributed by atoms with Gasteiger partial charge in [-0.1, -0.05) is 13.8 Å². The fourth-order valence-corrected chi connectivity index (χ4v) is 2.68. The van der Waals surface area contributed by atoms with E-state index >= 15 is 0 Å². The first-order chi connectivity index (χ1) is 11.0. The predicted octanol–water partition coefficient (Wildman–Crippen LogP) is 2.17. The monoisotopic (exact) mass is 335 g/mol. The molecule has 0 radical (unpaired) electrons. The van der Waals surface area contributed by atoms with Gasteiger partial charge in [-0.2, -0.15) is 0 Å². The van der Waals surface area contributed by atoms with Crippen molar-refractivity contribution in [1.29, 1.82) is 0 Å². The van der Waals surface area contributed by atoms with Crippen LogP contribution in [-0.2, 0) is 9.59 Å². The number of nitrogens with zero attached hydrogens (tertiary/aromatic N) is 3. The average Bonchev–Trinajstić information content (AvgIpc) is 3.17. The van der Waals surface area contributed by atoms with Crippen LogP contribution < -0.4 is 10.6 Å². The van der Waals surface area contributed by atoms with E-state index in [0.29, 0.717) is 5.13 Å². The molecule has 8 heteroatoms. The molecule has 2 aromatic heterocycles. The molecule has 7 nitrogen and oxygen atoms in total. The topological polar surface area (TPSA) is 88.9 Å². The molecule has 0 unspecified atom stereocenters. The third-order valence-corrected chi connectivity index (χ3v) is 4.03. The molecule has 0 bridgehead atoms. The molecule has 0 fully saturated rings. The van der Waals surface area contributed by atoms with Crippen molar-refractivity contribution in [3.8, 4) is 0 Å². The Morgan fingerprint density at radius 1 is 1.26 bits per heavy atom. The standard InChI is InChI=1S/C15H21N5O2S/c1-10(2)13-16-6-8-20(13)11(3)14(22)17-5-4-12(21)19-15-18-7-9-23-15/h6-11H,4-5H2,1-3H3,(H,17,22)(H,18,19,21)/t11-/m1/s1. The van der Waals surface area contributed by atoms with E-state index in [1.807, 2.05) is 25.3 Å². The number of carbonyl (C=O) groups is 2. The molecule has 0 aliphatic carbocycles. The summed E-state index contributed by atoms with van der Waals surface area (Å²) >= 11 is 1.36. The summed E-state index contributed by atoms with van der Waals surface area (Å²) in [5.41, 5.74) is 0. The van der Waals surface area contributed by atoms with Gasteiger partial charge in [-0.25, -0.2) is 9.97 Å². The Hall–Kier alpha value is -2.22. The number of rotatable bonds is 7. The third-order valence-electron chi connectivity index (χ3n) is 3.34. The zero-order valence-corrected chi connectivity index (χ0v) is 14.3. The Morgan fingerprint density at radius 2 is 2.04 bits per heavy atom. The summed E-state index contributed by atoms with van der Waals surface area (Å²) in [4.78, 5) is 32.2. The van der Waals surface area contributed by atoms with Crippen molar-refractivity contribution in [2.45, 2.75) is 39.2 Å². The molecular weight excluding hydrogens is 314 g/mol. The molecule has 0 aliphatic rings. The zero-order chi connectivity index (χ0) is 16.8. The van der Waals surface area contributed by atoms with Crippen LogP contribution in [-0.4, -0.2) is 32.9 Å². The molecule has 0 spiro atoms. The Bertz CT molecular complexity index is 651. The van der Waals surface area contributed by atoms with Crippen LogP contribution in [0, 0.1) is 0 Å². The lowest BCUT2D eigenvalue weighted by Gasteiger charge is -2.17. The van der Waals surface area contributed by atoms with Gasteiger partial charge in [0.2, 0.25) is 11.8 Å². The largest absolute Gasteiger partial charge is 0.354 e. The van der Waals surface area contributed by atoms with E-state index in [4.69, 9.17) is 0 Å². The maximum Gasteiger partial charge on any atom is 0.242 e. The molecule has 2 aromatic rings. The quantitative estimate of drug-likeness (QED) is 0.811. The fourth-order valence-electron chi connectivity index (χ4n) is 2.14. The van der Waals surface area contributed by atoms with Gasteiger partial charge in [-0.15, -0.1) is 11.3 Å². The Balaban J connectivity index is 1.80. The highest BCUT2D eigenvalue weighted by atomic mass is 32.1. The molecule has 0 saturated carbocycles. The van der Waals surface area contributed by atoms with Gasteiger partial charge < -0.3 is 15.2 Å². The van der Waals surface area contributed by atoms with E-state index in [1.165, 1.54) is 11.3 Å². The first kappa shape index (κ1) is 17.1. The van der Waals surface area contributed by atoms with Gasteiger partial charge in [0, 0.05) is 42.9 Å². The zero-order valence-electron chi connectivity index (χ0n) is 13.4. The number of hydrogen-bond donors (Lipinski definition) is 2. The van der Waals surface area contributed by atoms with E-state index in [1.54, 1.807) is 24.0 Å². The van der Waals surface area contributed by atoms with E-state index in [9.17, 15) is 9.59 Å². The van der Waals surface area contributed by atoms with E-state index in [0.717, 1.165) is 5.82 Å². The van der Waals surface area contributed by atoms with Crippen molar-refractivity contribution in [2.24, 2.45) is 0 Å². The highest BCUT2D eigenvalue weighted by Crippen LogP contribution is 2.17. The number of amides is 2. The van der Waals surface area contributed by atoms with Gasteiger partial charge in [-0.3, -0.25) is 9.59 Å². The number of imidazole rings is 1. The van der Waals surface area contributed by atoms with Gasteiger partial charge in [0.25, 0.3) is 0 Å². The minimum Gasteiger partial charge on any atom is -0.354 e. The molecule has 23 heavy (non-hydrogen) atoms. The number of aromatic nitrogens is 3. The van der Waals surface area contributed by atoms with Crippen LogP contribution in [0.4, 0.5) is 5.13 Å². The maximum atomic E-state index is 12.2. The van der Waals surface area contributed by atoms with Crippen LogP contribution in [0.25, 0.3) is 0 Å². The smallest absolute Gasteiger partial charge is 0.242 e. The average molecular weight is 335 g/mol. The molecular formula is C15H21N5O2S. The van der Waals surface area contributed by atoms with Crippen LogP contribution in [0.3, 0.4) is 0 Å². The lowest BCUT2D eigenvalue weighted by Crippen LogP contribution is -2.33. The lowest BCUT2D eigenvalue weighted by atomic mass is 10.2. The van der Waals surface area contributed by atoms with E-state index in [-0.39, 0.29) is 36.7 Å². The Labute approximate surface area is 139 Å². The van der Waals surface area contributed by atoms with Crippen LogP contribution in [0.1, 0.15) is 45.0 Å². The number of nitrogens with one attached hydrogen (secondary N) is 2. The SMILES string of the molecule is CC(C)c1nccn1[C@H](C)C(=O)NCCC(=O)Nc1nccs1. The highest BCUT2D eigenvalue weighted by molar-refractivity contribution is 7.13. The minimum absolute atomic E-state index is 0.132. The summed E-state index contributed by atoms with van der Waals surface area (Å²) in [6, 6.07) is -0.364. The lowest BCUT2D eigenvalue weighted by molar-refractivity contribution is -0.124. The molecule has 1 atom stereocenters. The predicted molar refractivity (Wildman–Crippen MR) is 89.4 cm³/mol. The summed E-state index contributed by atoms with van der Waals surface area (Å²) < 4.78 is 1.86. The maximum absolute atomic E-state index is 12.2. The van der Waals surface area contributed by atoms with E-state index < -0.39 is 0 Å². The Kier molecular flexibility index (Phi) is 5.86. The van der Waals surface area contributed by atoms with Gasteiger partial charge in [-0.05, 0) is 6.92 Å². The van der Waals surface area contributed by atoms with Crippen molar-refractivity contribution >= 4 is 28.3 Å². The van der Waals surface area contributed by atoms with E-state index in [2.05, 4.69) is 20.6 Å². The summed E-state index contributed by atoms with van der Waals surface area (Å²) in [7, 11) is 0. The van der Waals surface area contributed by atoms with Crippen molar-refractivity contribution < 1.29 is 9.59 Å². The molecule has 0 saturated heterocycles. The van der Waals surface area contributed by atoms with Crippen LogP contribution in [0.5, 0.6) is 0 Å². The van der Waals surface area contributed by atoms with Crippen LogP contribution in [0.2, 0.25) is 0 Å². The first-order valence-corrected chi connectivity index (χ1v) is 8.36. The number of anilines is 1. The number of hydrogen-bond acceptors (Lipinski definition) is 5. The summed E-state index contributed by atoms with van der Waals surface area (Å²) in [5, 5.41) is 7.81. The molecule has 0 aromatic carbocycles. The molecule has 0 aliphatic heterocycles. The Morgan fingerprint density at radius 3 is 2.70 bits per heavy atom. The van der Waals surface area contributed by atoms with Gasteiger partial charge in [0.1, 0.15) is 11.9 Å². The molecule has 2 rings (SSSR count). The molecule has 2 heterocycles. The summed E-state index contributed by atoms with van der Waals surface area (Å²) in [6.45, 7) is 6.17. The fraction of sp³-hybridized carbons (Fsp3) is 0.467. The van der Waals surface area contributed by atoms with Crippen LogP contribution in [0.15, 0.2) is 24.0 Å². The normalized spacial score (nSPS) is 12.2. The minimum atomic E-state index is -0.364. The van der Waals surface area contributed by atoms with Crippen molar-refractivity contribution in [2.75, 3.05) is 11.9 Å². The van der Waals surface area contributed by atoms with Crippen molar-refractivity contribution in [1.82, 2.24) is 19.9 Å². The molecule has 2 amide bonds. The summed E-state index contributed by atoms with van der Waals surface area (Å²) in [5.74, 6) is 0.809. The van der Waals surface area contributed by atoms with Gasteiger partial charge >= 0.3 is 0 Å².